The third kappa shape index (κ3) is 2.75. The lowest BCUT2D eigenvalue weighted by molar-refractivity contribution is -0.121. The van der Waals surface area contributed by atoms with E-state index in [0.717, 1.165) is 21.0 Å². The highest BCUT2D eigenvalue weighted by molar-refractivity contribution is 9.10. The summed E-state index contributed by atoms with van der Waals surface area (Å²) in [5, 5.41) is 3.63. The molecule has 1 saturated heterocycles. The topological polar surface area (TPSA) is 75.4 Å². The van der Waals surface area contributed by atoms with Gasteiger partial charge >= 0.3 is 0 Å². The number of fused-ring (bicyclic) bond motifs is 1. The first kappa shape index (κ1) is 14.3. The summed E-state index contributed by atoms with van der Waals surface area (Å²) in [5.41, 5.74) is 6.62. The molecule has 1 aliphatic rings. The van der Waals surface area contributed by atoms with Crippen LogP contribution in [0.4, 0.5) is 5.69 Å². The number of nitrogen functional groups attached to an aromatic ring is 1. The van der Waals surface area contributed by atoms with Crippen molar-refractivity contribution < 1.29 is 9.59 Å². The maximum atomic E-state index is 12.6. The monoisotopic (exact) mass is 367 g/mol. The number of nitrogens with zero attached hydrogens (tertiary/aromatic N) is 1. The van der Waals surface area contributed by atoms with Crippen molar-refractivity contribution in [3.63, 3.8) is 0 Å². The maximum Gasteiger partial charge on any atom is 0.266 e. The molecule has 1 aromatic heterocycles. The van der Waals surface area contributed by atoms with Crippen molar-refractivity contribution in [1.29, 1.82) is 0 Å². The predicted octanol–water partition coefficient (Wildman–Crippen LogP) is 2.21. The third-order valence-electron chi connectivity index (χ3n) is 3.43. The van der Waals surface area contributed by atoms with E-state index in [1.165, 1.54) is 11.3 Å². The first-order chi connectivity index (χ1) is 10.1. The lowest BCUT2D eigenvalue weighted by Gasteiger charge is -2.18. The van der Waals surface area contributed by atoms with Gasteiger partial charge in [0.25, 0.3) is 5.91 Å². The number of carbonyl (C=O) groups is 2. The van der Waals surface area contributed by atoms with Crippen LogP contribution in [0.1, 0.15) is 16.1 Å². The van der Waals surface area contributed by atoms with E-state index in [1.54, 1.807) is 4.90 Å². The van der Waals surface area contributed by atoms with Gasteiger partial charge in [-0.05, 0) is 24.6 Å². The Labute approximate surface area is 134 Å². The van der Waals surface area contributed by atoms with Gasteiger partial charge in [-0.1, -0.05) is 15.9 Å². The summed E-state index contributed by atoms with van der Waals surface area (Å²) < 4.78 is 1.89. The Bertz CT molecular complexity index is 728. The molecule has 110 valence electrons. The second-order valence-electron chi connectivity index (χ2n) is 4.92. The Morgan fingerprint density at radius 2 is 2.24 bits per heavy atom. The smallest absolute Gasteiger partial charge is 0.266 e. The summed E-state index contributed by atoms with van der Waals surface area (Å²) in [6.07, 6.45) is 0.758. The SMILES string of the molecule is Nc1c(C(=O)N2CCCNC(=O)C2)sc2ccc(Br)cc12. The van der Waals surface area contributed by atoms with E-state index in [9.17, 15) is 9.59 Å². The molecule has 0 radical (unpaired) electrons. The minimum absolute atomic E-state index is 0.0935. The number of hydrogen-bond donors (Lipinski definition) is 2. The molecule has 2 heterocycles. The van der Waals surface area contributed by atoms with Crippen LogP contribution in [0.25, 0.3) is 10.1 Å². The molecule has 5 nitrogen and oxygen atoms in total. The maximum absolute atomic E-state index is 12.6. The van der Waals surface area contributed by atoms with Crippen molar-refractivity contribution in [3.05, 3.63) is 27.5 Å². The zero-order valence-corrected chi connectivity index (χ0v) is 13.6. The molecule has 1 fully saturated rings. The first-order valence-electron chi connectivity index (χ1n) is 6.60. The van der Waals surface area contributed by atoms with E-state index in [1.807, 2.05) is 18.2 Å². The number of anilines is 1. The van der Waals surface area contributed by atoms with Crippen molar-refractivity contribution >= 4 is 54.9 Å². The number of carbonyl (C=O) groups excluding carboxylic acids is 2. The Kier molecular flexibility index (Phi) is 3.86. The second kappa shape index (κ2) is 5.65. The number of nitrogens with one attached hydrogen (secondary N) is 1. The van der Waals surface area contributed by atoms with Crippen LogP contribution in [0, 0.1) is 0 Å². The largest absolute Gasteiger partial charge is 0.397 e. The molecule has 0 spiro atoms. The number of halogens is 1. The van der Waals surface area contributed by atoms with Gasteiger partial charge in [0.05, 0.1) is 12.2 Å². The van der Waals surface area contributed by atoms with E-state index < -0.39 is 0 Å². The number of benzene rings is 1. The normalized spacial score (nSPS) is 15.9. The van der Waals surface area contributed by atoms with E-state index in [4.69, 9.17) is 5.73 Å². The number of thiophene rings is 1. The van der Waals surface area contributed by atoms with Crippen LogP contribution in [0.15, 0.2) is 22.7 Å². The molecule has 7 heteroatoms. The van der Waals surface area contributed by atoms with Crippen LogP contribution in [0.2, 0.25) is 0 Å². The molecule has 21 heavy (non-hydrogen) atoms. The van der Waals surface area contributed by atoms with Crippen molar-refractivity contribution in [2.75, 3.05) is 25.4 Å². The molecule has 3 rings (SSSR count). The molecule has 0 aliphatic carbocycles. The fourth-order valence-electron chi connectivity index (χ4n) is 2.37. The Hall–Kier alpha value is -1.60. The first-order valence-corrected chi connectivity index (χ1v) is 8.20. The van der Waals surface area contributed by atoms with Crippen LogP contribution >= 0.6 is 27.3 Å². The van der Waals surface area contributed by atoms with Gasteiger partial charge in [0, 0.05) is 27.6 Å². The molecule has 2 amide bonds. The van der Waals surface area contributed by atoms with Crippen LogP contribution in [0.3, 0.4) is 0 Å². The highest BCUT2D eigenvalue weighted by Gasteiger charge is 2.25. The van der Waals surface area contributed by atoms with Crippen molar-refractivity contribution in [2.24, 2.45) is 0 Å². The zero-order valence-electron chi connectivity index (χ0n) is 11.2. The van der Waals surface area contributed by atoms with Gasteiger partial charge in [0.1, 0.15) is 4.88 Å². The van der Waals surface area contributed by atoms with Crippen molar-refractivity contribution in [3.8, 4) is 0 Å². The summed E-state index contributed by atoms with van der Waals surface area (Å²) in [7, 11) is 0. The standard InChI is InChI=1S/C14H14BrN3O2S/c15-8-2-3-10-9(6-8)12(16)13(21-10)14(20)18-5-1-4-17-11(19)7-18/h2-3,6H,1,4-5,7,16H2,(H,17,19). The Morgan fingerprint density at radius 1 is 1.43 bits per heavy atom. The molecule has 1 aromatic carbocycles. The minimum atomic E-state index is -0.165. The molecule has 0 unspecified atom stereocenters. The average molecular weight is 368 g/mol. The van der Waals surface area contributed by atoms with Crippen LogP contribution in [0.5, 0.6) is 0 Å². The summed E-state index contributed by atoms with van der Waals surface area (Å²) >= 11 is 4.78. The van der Waals surface area contributed by atoms with Crippen LogP contribution in [-0.4, -0.2) is 36.3 Å². The summed E-state index contributed by atoms with van der Waals surface area (Å²) in [5.74, 6) is -0.287. The van der Waals surface area contributed by atoms with E-state index in [2.05, 4.69) is 21.2 Å². The van der Waals surface area contributed by atoms with Gasteiger partial charge in [0.15, 0.2) is 0 Å². The fraction of sp³-hybridized carbons (Fsp3) is 0.286. The van der Waals surface area contributed by atoms with Gasteiger partial charge < -0.3 is 16.0 Å². The number of nitrogens with two attached hydrogens (primary N) is 1. The molecular weight excluding hydrogens is 354 g/mol. The summed E-state index contributed by atoms with van der Waals surface area (Å²) in [6, 6.07) is 5.77. The molecule has 2 aromatic rings. The van der Waals surface area contributed by atoms with Crippen molar-refractivity contribution in [2.45, 2.75) is 6.42 Å². The predicted molar refractivity (Wildman–Crippen MR) is 87.5 cm³/mol. The lowest BCUT2D eigenvalue weighted by Crippen LogP contribution is -2.37. The highest BCUT2D eigenvalue weighted by Crippen LogP contribution is 2.36. The molecule has 3 N–H and O–H groups in total. The number of hydrogen-bond acceptors (Lipinski definition) is 4. The number of rotatable bonds is 1. The highest BCUT2D eigenvalue weighted by atomic mass is 79.9. The fourth-order valence-corrected chi connectivity index (χ4v) is 3.80. The average Bonchev–Trinajstić information content (AvgIpc) is 2.64. The molecule has 0 saturated carbocycles. The van der Waals surface area contributed by atoms with Gasteiger partial charge in [-0.15, -0.1) is 11.3 Å². The van der Waals surface area contributed by atoms with Gasteiger partial charge in [-0.3, -0.25) is 9.59 Å². The van der Waals surface area contributed by atoms with Crippen molar-refractivity contribution in [1.82, 2.24) is 10.2 Å². The van der Waals surface area contributed by atoms with Crippen LogP contribution in [-0.2, 0) is 4.79 Å². The van der Waals surface area contributed by atoms with Gasteiger partial charge in [0.2, 0.25) is 5.91 Å². The summed E-state index contributed by atoms with van der Waals surface area (Å²) in [6.45, 7) is 1.27. The minimum Gasteiger partial charge on any atom is -0.397 e. The van der Waals surface area contributed by atoms with Crippen LogP contribution < -0.4 is 11.1 Å². The quantitative estimate of drug-likeness (QED) is 0.811. The van der Waals surface area contributed by atoms with E-state index in [-0.39, 0.29) is 18.4 Å². The number of amides is 2. The lowest BCUT2D eigenvalue weighted by atomic mass is 10.2. The zero-order chi connectivity index (χ0) is 15.0. The molecule has 1 aliphatic heterocycles. The molecular formula is C14H14BrN3O2S. The Balaban J connectivity index is 1.97. The second-order valence-corrected chi connectivity index (χ2v) is 6.88. The molecule has 0 bridgehead atoms. The van der Waals surface area contributed by atoms with Gasteiger partial charge in [-0.25, -0.2) is 0 Å². The van der Waals surface area contributed by atoms with Gasteiger partial charge in [-0.2, -0.15) is 0 Å². The third-order valence-corrected chi connectivity index (χ3v) is 5.10. The molecule has 0 atom stereocenters. The van der Waals surface area contributed by atoms with E-state index in [0.29, 0.717) is 23.7 Å². The summed E-state index contributed by atoms with van der Waals surface area (Å²) in [4.78, 5) is 26.3. The van der Waals surface area contributed by atoms with E-state index >= 15 is 0 Å². The Morgan fingerprint density at radius 3 is 3.05 bits per heavy atom.